The van der Waals surface area contributed by atoms with Gasteiger partial charge < -0.3 is 15.4 Å². The van der Waals surface area contributed by atoms with Crippen molar-refractivity contribution in [3.8, 4) is 0 Å². The fourth-order valence-corrected chi connectivity index (χ4v) is 2.76. The summed E-state index contributed by atoms with van der Waals surface area (Å²) in [5, 5.41) is 0. The van der Waals surface area contributed by atoms with Crippen LogP contribution in [0.1, 0.15) is 32.1 Å². The Morgan fingerprint density at radius 1 is 1.38 bits per heavy atom. The van der Waals surface area contributed by atoms with Crippen LogP contribution in [-0.2, 0) is 9.53 Å². The molecule has 16 heavy (non-hydrogen) atoms. The lowest BCUT2D eigenvalue weighted by atomic mass is 10.0. The normalized spacial score (nSPS) is 27.3. The van der Waals surface area contributed by atoms with Crippen molar-refractivity contribution in [2.45, 2.75) is 38.1 Å². The molecule has 0 bridgehead atoms. The number of nitrogens with zero attached hydrogens (tertiary/aromatic N) is 1. The minimum Gasteiger partial charge on any atom is -0.377 e. The van der Waals surface area contributed by atoms with Crippen molar-refractivity contribution >= 4 is 5.91 Å². The molecule has 1 aliphatic carbocycles. The molecule has 0 spiro atoms. The van der Waals surface area contributed by atoms with Crippen molar-refractivity contribution < 1.29 is 9.53 Å². The summed E-state index contributed by atoms with van der Waals surface area (Å²) in [6.07, 6.45) is 5.76. The summed E-state index contributed by atoms with van der Waals surface area (Å²) in [7, 11) is 0. The molecule has 2 N–H and O–H groups in total. The van der Waals surface area contributed by atoms with Crippen LogP contribution < -0.4 is 5.73 Å². The molecule has 1 unspecified atom stereocenters. The lowest BCUT2D eigenvalue weighted by molar-refractivity contribution is -0.140. The van der Waals surface area contributed by atoms with Crippen molar-refractivity contribution in [3.05, 3.63) is 0 Å². The molecule has 2 fully saturated rings. The Hall–Kier alpha value is -0.610. The first kappa shape index (κ1) is 11.9. The number of amides is 1. The highest BCUT2D eigenvalue weighted by Gasteiger charge is 2.28. The number of carbonyl (C=O) groups excluding carboxylic acids is 1. The molecule has 1 atom stereocenters. The molecule has 1 saturated carbocycles. The maximum atomic E-state index is 12.1. The number of carbonyl (C=O) groups is 1. The quantitative estimate of drug-likeness (QED) is 0.772. The first-order valence-electron chi connectivity index (χ1n) is 6.38. The summed E-state index contributed by atoms with van der Waals surface area (Å²) in [6, 6.07) is 0.0997. The smallest absolute Gasteiger partial charge is 0.223 e. The third-order valence-corrected chi connectivity index (χ3v) is 3.76. The van der Waals surface area contributed by atoms with Crippen LogP contribution in [0, 0.1) is 5.92 Å². The van der Waals surface area contributed by atoms with Gasteiger partial charge in [-0.1, -0.05) is 12.8 Å². The molecule has 2 rings (SSSR count). The molecular weight excluding hydrogens is 204 g/mol. The summed E-state index contributed by atoms with van der Waals surface area (Å²) in [6.45, 7) is 2.49. The van der Waals surface area contributed by atoms with Crippen LogP contribution >= 0.6 is 0 Å². The Kier molecular flexibility index (Phi) is 4.18. The maximum Gasteiger partial charge on any atom is 0.223 e. The van der Waals surface area contributed by atoms with E-state index >= 15 is 0 Å². The largest absolute Gasteiger partial charge is 0.377 e. The average molecular weight is 226 g/mol. The van der Waals surface area contributed by atoms with Crippen molar-refractivity contribution in [1.82, 2.24) is 4.90 Å². The molecule has 2 aliphatic rings. The second kappa shape index (κ2) is 5.64. The number of hydrogen-bond donors (Lipinski definition) is 1. The highest BCUT2D eigenvalue weighted by atomic mass is 16.5. The molecule has 4 nitrogen and oxygen atoms in total. The van der Waals surface area contributed by atoms with E-state index in [0.717, 1.165) is 6.42 Å². The molecule has 92 valence electrons. The van der Waals surface area contributed by atoms with Crippen molar-refractivity contribution in [3.63, 3.8) is 0 Å². The lowest BCUT2D eigenvalue weighted by Crippen LogP contribution is -2.52. The Labute approximate surface area is 97.1 Å². The third-order valence-electron chi connectivity index (χ3n) is 3.76. The van der Waals surface area contributed by atoms with Crippen LogP contribution in [0.3, 0.4) is 0 Å². The van der Waals surface area contributed by atoms with E-state index in [0.29, 0.717) is 32.2 Å². The number of ether oxygens (including phenoxy) is 1. The summed E-state index contributed by atoms with van der Waals surface area (Å²) in [5.41, 5.74) is 5.67. The topological polar surface area (TPSA) is 55.6 Å². The van der Waals surface area contributed by atoms with E-state index in [1.54, 1.807) is 0 Å². The highest BCUT2D eigenvalue weighted by Crippen LogP contribution is 2.28. The van der Waals surface area contributed by atoms with Crippen LogP contribution in [0.25, 0.3) is 0 Å². The molecule has 0 radical (unpaired) electrons. The van der Waals surface area contributed by atoms with Crippen molar-refractivity contribution in [2.75, 3.05) is 26.3 Å². The van der Waals surface area contributed by atoms with Gasteiger partial charge in [0.05, 0.1) is 19.3 Å². The third kappa shape index (κ3) is 2.74. The van der Waals surface area contributed by atoms with Gasteiger partial charge in [-0.2, -0.15) is 0 Å². The molecule has 0 aromatic heterocycles. The molecular formula is C12H22N2O2. The Morgan fingerprint density at radius 2 is 2.12 bits per heavy atom. The monoisotopic (exact) mass is 226 g/mol. The minimum atomic E-state index is 0.0997. The number of rotatable bonds is 3. The SMILES string of the molecule is NCC1COCCN1C(=O)CC1CCCC1. The van der Waals surface area contributed by atoms with E-state index < -0.39 is 0 Å². The standard InChI is InChI=1S/C12H22N2O2/c13-8-11-9-16-6-5-14(11)12(15)7-10-3-1-2-4-10/h10-11H,1-9,13H2. The summed E-state index contributed by atoms with van der Waals surface area (Å²) in [5.74, 6) is 0.902. The van der Waals surface area contributed by atoms with Gasteiger partial charge in [-0.05, 0) is 18.8 Å². The summed E-state index contributed by atoms with van der Waals surface area (Å²) >= 11 is 0. The van der Waals surface area contributed by atoms with E-state index in [1.807, 2.05) is 4.90 Å². The van der Waals surface area contributed by atoms with Crippen LogP contribution in [0.2, 0.25) is 0 Å². The van der Waals surface area contributed by atoms with Gasteiger partial charge >= 0.3 is 0 Å². The van der Waals surface area contributed by atoms with Gasteiger partial charge in [0.25, 0.3) is 0 Å². The van der Waals surface area contributed by atoms with E-state index in [9.17, 15) is 4.79 Å². The highest BCUT2D eigenvalue weighted by molar-refractivity contribution is 5.77. The molecule has 4 heteroatoms. The minimum absolute atomic E-state index is 0.0997. The maximum absolute atomic E-state index is 12.1. The Bertz CT molecular complexity index is 239. The van der Waals surface area contributed by atoms with Crippen LogP contribution in [0.5, 0.6) is 0 Å². The van der Waals surface area contributed by atoms with E-state index in [2.05, 4.69) is 0 Å². The van der Waals surface area contributed by atoms with Gasteiger partial charge in [-0.25, -0.2) is 0 Å². The van der Waals surface area contributed by atoms with Gasteiger partial charge in [0, 0.05) is 19.5 Å². The molecule has 0 aromatic carbocycles. The predicted molar refractivity (Wildman–Crippen MR) is 61.9 cm³/mol. The first-order valence-corrected chi connectivity index (χ1v) is 6.38. The van der Waals surface area contributed by atoms with E-state index in [-0.39, 0.29) is 11.9 Å². The molecule has 1 saturated heterocycles. The second-order valence-electron chi connectivity index (χ2n) is 4.91. The van der Waals surface area contributed by atoms with Crippen LogP contribution in [0.4, 0.5) is 0 Å². The second-order valence-corrected chi connectivity index (χ2v) is 4.91. The number of nitrogens with two attached hydrogens (primary N) is 1. The van der Waals surface area contributed by atoms with Gasteiger partial charge in [0.15, 0.2) is 0 Å². The van der Waals surface area contributed by atoms with Gasteiger partial charge in [-0.15, -0.1) is 0 Å². The predicted octanol–water partition coefficient (Wildman–Crippen LogP) is 0.753. The van der Waals surface area contributed by atoms with Gasteiger partial charge in [-0.3, -0.25) is 4.79 Å². The zero-order chi connectivity index (χ0) is 11.4. The zero-order valence-electron chi connectivity index (χ0n) is 9.86. The number of morpholine rings is 1. The Balaban J connectivity index is 1.86. The van der Waals surface area contributed by atoms with E-state index in [1.165, 1.54) is 25.7 Å². The van der Waals surface area contributed by atoms with Crippen LogP contribution in [0.15, 0.2) is 0 Å². The molecule has 0 aromatic rings. The average Bonchev–Trinajstić information content (AvgIpc) is 2.81. The van der Waals surface area contributed by atoms with Crippen molar-refractivity contribution in [2.24, 2.45) is 11.7 Å². The van der Waals surface area contributed by atoms with E-state index in [4.69, 9.17) is 10.5 Å². The summed E-state index contributed by atoms with van der Waals surface area (Å²) < 4.78 is 5.35. The molecule has 1 aliphatic heterocycles. The molecule has 1 amide bonds. The summed E-state index contributed by atoms with van der Waals surface area (Å²) in [4.78, 5) is 14.1. The zero-order valence-corrected chi connectivity index (χ0v) is 9.86. The fourth-order valence-electron chi connectivity index (χ4n) is 2.76. The van der Waals surface area contributed by atoms with Crippen molar-refractivity contribution in [1.29, 1.82) is 0 Å². The first-order chi connectivity index (χ1) is 7.81. The lowest BCUT2D eigenvalue weighted by Gasteiger charge is -2.35. The fraction of sp³-hybridized carbons (Fsp3) is 0.917. The van der Waals surface area contributed by atoms with Gasteiger partial charge in [0.1, 0.15) is 0 Å². The van der Waals surface area contributed by atoms with Crippen LogP contribution in [-0.4, -0.2) is 43.2 Å². The Morgan fingerprint density at radius 3 is 2.81 bits per heavy atom. The number of hydrogen-bond acceptors (Lipinski definition) is 3. The van der Waals surface area contributed by atoms with Gasteiger partial charge in [0.2, 0.25) is 5.91 Å². The molecule has 1 heterocycles.